The highest BCUT2D eigenvalue weighted by Crippen LogP contribution is 2.25. The first-order valence-corrected chi connectivity index (χ1v) is 7.11. The van der Waals surface area contributed by atoms with E-state index in [9.17, 15) is 8.78 Å². The Morgan fingerprint density at radius 1 is 1.21 bits per heavy atom. The van der Waals surface area contributed by atoms with Crippen molar-refractivity contribution in [1.82, 2.24) is 9.55 Å². The van der Waals surface area contributed by atoms with E-state index in [1.165, 1.54) is 12.1 Å². The highest BCUT2D eigenvalue weighted by molar-refractivity contribution is 9.10. The molecule has 1 aliphatic rings. The van der Waals surface area contributed by atoms with E-state index in [0.29, 0.717) is 0 Å². The molecule has 0 bridgehead atoms. The maximum Gasteiger partial charge on any atom is 0.145 e. The fraction of sp³-hybridized carbons (Fsp3) is 0.357. The summed E-state index contributed by atoms with van der Waals surface area (Å²) in [6.45, 7) is 0.194. The summed E-state index contributed by atoms with van der Waals surface area (Å²) in [5.41, 5.74) is 2.27. The third-order valence-electron chi connectivity index (χ3n) is 3.58. The monoisotopic (exact) mass is 326 g/mol. The first kappa shape index (κ1) is 12.8. The van der Waals surface area contributed by atoms with Crippen molar-refractivity contribution in [2.75, 3.05) is 0 Å². The predicted octanol–water partition coefficient (Wildman–Crippen LogP) is 3.85. The van der Waals surface area contributed by atoms with Crippen LogP contribution in [0.15, 0.2) is 22.9 Å². The molecule has 2 aromatic rings. The minimum absolute atomic E-state index is 0.0835. The molecule has 0 unspecified atom stereocenters. The summed E-state index contributed by atoms with van der Waals surface area (Å²) in [6, 6.07) is 2.67. The smallest absolute Gasteiger partial charge is 0.145 e. The molecule has 0 N–H and O–H groups in total. The molecule has 100 valence electrons. The number of imidazole rings is 1. The van der Waals surface area contributed by atoms with Crippen molar-refractivity contribution in [2.24, 2.45) is 0 Å². The lowest BCUT2D eigenvalue weighted by Crippen LogP contribution is -2.11. The molecule has 2 nitrogen and oxygen atoms in total. The quantitative estimate of drug-likeness (QED) is 0.766. The average Bonchev–Trinajstić information content (AvgIpc) is 2.83. The molecule has 0 saturated carbocycles. The van der Waals surface area contributed by atoms with Gasteiger partial charge in [0.2, 0.25) is 0 Å². The van der Waals surface area contributed by atoms with Crippen molar-refractivity contribution in [1.29, 1.82) is 0 Å². The standard InChI is InChI=1S/C14H13BrF2N2/c15-10-5-6-11(16)9(14(10)17)7-19-8-18-12-3-1-2-4-13(12)19/h5-6,8H,1-4,7H2. The van der Waals surface area contributed by atoms with E-state index in [-0.39, 0.29) is 16.6 Å². The molecule has 1 aliphatic carbocycles. The third kappa shape index (κ3) is 2.31. The van der Waals surface area contributed by atoms with Gasteiger partial charge >= 0.3 is 0 Å². The number of aromatic nitrogens is 2. The number of benzene rings is 1. The second-order valence-corrected chi connectivity index (χ2v) is 5.65. The summed E-state index contributed by atoms with van der Waals surface area (Å²) in [5, 5.41) is 0. The summed E-state index contributed by atoms with van der Waals surface area (Å²) in [6.07, 6.45) is 5.85. The summed E-state index contributed by atoms with van der Waals surface area (Å²) >= 11 is 3.09. The number of nitrogens with zero attached hydrogens (tertiary/aromatic N) is 2. The topological polar surface area (TPSA) is 17.8 Å². The van der Waals surface area contributed by atoms with Crippen LogP contribution in [0.25, 0.3) is 0 Å². The lowest BCUT2D eigenvalue weighted by molar-refractivity contribution is 0.533. The fourth-order valence-electron chi connectivity index (χ4n) is 2.55. The summed E-state index contributed by atoms with van der Waals surface area (Å²) in [5.74, 6) is -1.04. The molecule has 0 saturated heterocycles. The molecule has 0 spiro atoms. The Kier molecular flexibility index (Phi) is 3.39. The largest absolute Gasteiger partial charge is 0.330 e. The molecule has 0 amide bonds. The van der Waals surface area contributed by atoms with Crippen LogP contribution in [-0.4, -0.2) is 9.55 Å². The van der Waals surface area contributed by atoms with Gasteiger partial charge in [0.15, 0.2) is 0 Å². The zero-order valence-electron chi connectivity index (χ0n) is 10.3. The average molecular weight is 327 g/mol. The molecule has 3 rings (SSSR count). The second kappa shape index (κ2) is 5.04. The number of rotatable bonds is 2. The molecule has 1 heterocycles. The molecular weight excluding hydrogens is 314 g/mol. The first-order chi connectivity index (χ1) is 9.16. The summed E-state index contributed by atoms with van der Waals surface area (Å²) in [7, 11) is 0. The van der Waals surface area contributed by atoms with Crippen LogP contribution in [0.3, 0.4) is 0 Å². The highest BCUT2D eigenvalue weighted by atomic mass is 79.9. The van der Waals surface area contributed by atoms with Gasteiger partial charge in [0.05, 0.1) is 23.0 Å². The van der Waals surface area contributed by atoms with E-state index in [0.717, 1.165) is 37.1 Å². The SMILES string of the molecule is Fc1ccc(Br)c(F)c1Cn1cnc2c1CCCC2. The Bertz CT molecular complexity index is 622. The van der Waals surface area contributed by atoms with Crippen LogP contribution in [0.5, 0.6) is 0 Å². The van der Waals surface area contributed by atoms with Crippen molar-refractivity contribution in [2.45, 2.75) is 32.2 Å². The molecule has 0 radical (unpaired) electrons. The molecule has 0 aliphatic heterocycles. The first-order valence-electron chi connectivity index (χ1n) is 6.32. The van der Waals surface area contributed by atoms with Gasteiger partial charge in [-0.05, 0) is 53.7 Å². The van der Waals surface area contributed by atoms with Crippen LogP contribution in [0, 0.1) is 11.6 Å². The number of fused-ring (bicyclic) bond motifs is 1. The van der Waals surface area contributed by atoms with Gasteiger partial charge in [-0.2, -0.15) is 0 Å². The minimum atomic E-state index is -0.529. The van der Waals surface area contributed by atoms with Crippen LogP contribution in [0.4, 0.5) is 8.78 Å². The van der Waals surface area contributed by atoms with Crippen molar-refractivity contribution in [3.63, 3.8) is 0 Å². The molecular formula is C14H13BrF2N2. The lowest BCUT2D eigenvalue weighted by atomic mass is 10.0. The van der Waals surface area contributed by atoms with Crippen molar-refractivity contribution >= 4 is 15.9 Å². The van der Waals surface area contributed by atoms with E-state index in [1.807, 2.05) is 4.57 Å². The Morgan fingerprint density at radius 2 is 2.00 bits per heavy atom. The van der Waals surface area contributed by atoms with Gasteiger partial charge in [0.1, 0.15) is 11.6 Å². The second-order valence-electron chi connectivity index (χ2n) is 4.79. The summed E-state index contributed by atoms with van der Waals surface area (Å²) < 4.78 is 29.9. The Balaban J connectivity index is 1.98. The number of aryl methyl sites for hydroxylation is 1. The van der Waals surface area contributed by atoms with Gasteiger partial charge in [-0.15, -0.1) is 0 Å². The van der Waals surface area contributed by atoms with Gasteiger partial charge in [-0.1, -0.05) is 0 Å². The Labute approximate surface area is 118 Å². The third-order valence-corrected chi connectivity index (χ3v) is 4.19. The highest BCUT2D eigenvalue weighted by Gasteiger charge is 2.18. The van der Waals surface area contributed by atoms with Crippen LogP contribution in [-0.2, 0) is 19.4 Å². The van der Waals surface area contributed by atoms with Crippen LogP contribution >= 0.6 is 15.9 Å². The van der Waals surface area contributed by atoms with Crippen molar-refractivity contribution < 1.29 is 8.78 Å². The maximum absolute atomic E-state index is 14.0. The van der Waals surface area contributed by atoms with E-state index in [4.69, 9.17) is 0 Å². The molecule has 19 heavy (non-hydrogen) atoms. The van der Waals surface area contributed by atoms with Gasteiger partial charge < -0.3 is 4.57 Å². The van der Waals surface area contributed by atoms with Crippen LogP contribution in [0.1, 0.15) is 29.8 Å². The molecule has 5 heteroatoms. The zero-order valence-corrected chi connectivity index (χ0v) is 11.9. The Morgan fingerprint density at radius 3 is 2.84 bits per heavy atom. The zero-order chi connectivity index (χ0) is 13.4. The van der Waals surface area contributed by atoms with Gasteiger partial charge in [0, 0.05) is 11.3 Å². The van der Waals surface area contributed by atoms with E-state index >= 15 is 0 Å². The molecule has 0 atom stereocenters. The number of halogens is 3. The van der Waals surface area contributed by atoms with Gasteiger partial charge in [-0.3, -0.25) is 0 Å². The number of hydrogen-bond acceptors (Lipinski definition) is 1. The number of hydrogen-bond donors (Lipinski definition) is 0. The fourth-order valence-corrected chi connectivity index (χ4v) is 2.92. The lowest BCUT2D eigenvalue weighted by Gasteiger charge is -2.15. The summed E-state index contributed by atoms with van der Waals surface area (Å²) in [4.78, 5) is 4.34. The Hall–Kier alpha value is -1.23. The predicted molar refractivity (Wildman–Crippen MR) is 72.0 cm³/mol. The van der Waals surface area contributed by atoms with Gasteiger partial charge in [-0.25, -0.2) is 13.8 Å². The van der Waals surface area contributed by atoms with E-state index < -0.39 is 11.6 Å². The minimum Gasteiger partial charge on any atom is -0.330 e. The van der Waals surface area contributed by atoms with E-state index in [1.54, 1.807) is 6.33 Å². The van der Waals surface area contributed by atoms with Crippen molar-refractivity contribution in [3.05, 3.63) is 51.5 Å². The molecule has 1 aromatic carbocycles. The van der Waals surface area contributed by atoms with Crippen LogP contribution in [0.2, 0.25) is 0 Å². The molecule has 1 aromatic heterocycles. The van der Waals surface area contributed by atoms with Gasteiger partial charge in [0.25, 0.3) is 0 Å². The normalized spacial score (nSPS) is 14.5. The molecule has 0 fully saturated rings. The van der Waals surface area contributed by atoms with Crippen molar-refractivity contribution in [3.8, 4) is 0 Å². The van der Waals surface area contributed by atoms with E-state index in [2.05, 4.69) is 20.9 Å². The van der Waals surface area contributed by atoms with Crippen LogP contribution < -0.4 is 0 Å². The maximum atomic E-state index is 14.0.